The Morgan fingerprint density at radius 2 is 1.40 bits per heavy atom. The van der Waals surface area contributed by atoms with Gasteiger partial charge in [-0.15, -0.1) is 0 Å². The normalized spacial score (nSPS) is 11.2. The lowest BCUT2D eigenvalue weighted by Crippen LogP contribution is -1.88. The third-order valence-corrected chi connectivity index (χ3v) is 4.54. The van der Waals surface area contributed by atoms with Crippen LogP contribution in [0.1, 0.15) is 5.56 Å². The van der Waals surface area contributed by atoms with Crippen LogP contribution >= 0.6 is 15.9 Å². The lowest BCUT2D eigenvalue weighted by molar-refractivity contribution is 1.54. The fourth-order valence-electron chi connectivity index (χ4n) is 2.84. The summed E-state index contributed by atoms with van der Waals surface area (Å²) in [7, 11) is 0. The summed E-state index contributed by atoms with van der Waals surface area (Å²) < 4.78 is 1.07. The van der Waals surface area contributed by atoms with Crippen molar-refractivity contribution in [1.82, 2.24) is 0 Å². The van der Waals surface area contributed by atoms with Crippen LogP contribution in [-0.2, 0) is 0 Å². The Balaban J connectivity index is 2.23. The molecule has 0 aromatic heterocycles. The first-order chi connectivity index (χ1) is 12.2. The molecule has 0 saturated heterocycles. The zero-order chi connectivity index (χ0) is 17.6. The Hall–Kier alpha value is -2.64. The molecule has 0 saturated carbocycles. The van der Waals surface area contributed by atoms with Gasteiger partial charge in [-0.3, -0.25) is 0 Å². The molecule has 0 fully saturated rings. The van der Waals surface area contributed by atoms with Gasteiger partial charge in [0.05, 0.1) is 0 Å². The van der Waals surface area contributed by atoms with E-state index in [4.69, 9.17) is 0 Å². The summed E-state index contributed by atoms with van der Waals surface area (Å²) in [6.07, 6.45) is 5.66. The van der Waals surface area contributed by atoms with Gasteiger partial charge in [-0.1, -0.05) is 89.8 Å². The van der Waals surface area contributed by atoms with E-state index in [9.17, 15) is 0 Å². The molecule has 0 radical (unpaired) electrons. The molecule has 3 aromatic rings. The molecule has 0 unspecified atom stereocenters. The third kappa shape index (κ3) is 4.07. The van der Waals surface area contributed by atoms with Gasteiger partial charge in [-0.05, 0) is 63.7 Å². The molecule has 0 N–H and O–H groups in total. The number of hydrogen-bond donors (Lipinski definition) is 0. The second-order valence-electron chi connectivity index (χ2n) is 5.74. The van der Waals surface area contributed by atoms with Crippen molar-refractivity contribution in [2.24, 2.45) is 0 Å². The van der Waals surface area contributed by atoms with Crippen molar-refractivity contribution in [1.29, 1.82) is 0 Å². The van der Waals surface area contributed by atoms with E-state index in [1.807, 2.05) is 24.3 Å². The maximum Gasteiger partial charge on any atom is 0.0181 e. The van der Waals surface area contributed by atoms with Crippen LogP contribution in [-0.4, -0.2) is 0 Å². The molecular formula is C24H19Br. The minimum Gasteiger partial charge on any atom is -0.0990 e. The standard InChI is InChI=1S/C24H19Br/c1-3-9-18(4-2)21-14-22(19-10-6-5-7-11-19)16-23(15-21)20-12-8-13-24(25)17-20/h3-17H,1-2H2/b18-9+. The summed E-state index contributed by atoms with van der Waals surface area (Å²) in [5.41, 5.74) is 6.92. The topological polar surface area (TPSA) is 0 Å². The highest BCUT2D eigenvalue weighted by Gasteiger charge is 2.07. The van der Waals surface area contributed by atoms with Gasteiger partial charge in [0.25, 0.3) is 0 Å². The van der Waals surface area contributed by atoms with Gasteiger partial charge in [0.1, 0.15) is 0 Å². The monoisotopic (exact) mass is 386 g/mol. The Morgan fingerprint density at radius 3 is 2.04 bits per heavy atom. The first kappa shape index (κ1) is 17.2. The van der Waals surface area contributed by atoms with Gasteiger partial charge in [0, 0.05) is 4.47 Å². The van der Waals surface area contributed by atoms with Crippen LogP contribution < -0.4 is 0 Å². The Bertz CT molecular complexity index is 933. The van der Waals surface area contributed by atoms with E-state index in [-0.39, 0.29) is 0 Å². The molecule has 0 aliphatic rings. The first-order valence-corrected chi connectivity index (χ1v) is 8.92. The predicted octanol–water partition coefficient (Wildman–Crippen LogP) is 7.54. The first-order valence-electron chi connectivity index (χ1n) is 8.13. The minimum absolute atomic E-state index is 1.06. The SMILES string of the molecule is C=C/C=C(\C=C)c1cc(-c2ccccc2)cc(-c2cccc(Br)c2)c1. The number of rotatable bonds is 5. The Labute approximate surface area is 158 Å². The second kappa shape index (κ2) is 7.96. The van der Waals surface area contributed by atoms with Crippen LogP contribution in [0.25, 0.3) is 27.8 Å². The van der Waals surface area contributed by atoms with E-state index in [1.54, 1.807) is 6.08 Å². The molecule has 0 amide bonds. The molecule has 0 nitrogen and oxygen atoms in total. The lowest BCUT2D eigenvalue weighted by Gasteiger charge is -2.12. The highest BCUT2D eigenvalue weighted by atomic mass is 79.9. The van der Waals surface area contributed by atoms with Crippen LogP contribution in [0.15, 0.2) is 109 Å². The molecular weight excluding hydrogens is 368 g/mol. The van der Waals surface area contributed by atoms with Gasteiger partial charge < -0.3 is 0 Å². The smallest absolute Gasteiger partial charge is 0.0181 e. The molecule has 3 rings (SSSR count). The van der Waals surface area contributed by atoms with E-state index in [1.165, 1.54) is 22.3 Å². The van der Waals surface area contributed by atoms with E-state index < -0.39 is 0 Å². The Morgan fingerprint density at radius 1 is 0.720 bits per heavy atom. The summed E-state index contributed by atoms with van der Waals surface area (Å²) in [6.45, 7) is 7.77. The third-order valence-electron chi connectivity index (χ3n) is 4.05. The number of hydrogen-bond acceptors (Lipinski definition) is 0. The molecule has 0 aliphatic carbocycles. The highest BCUT2D eigenvalue weighted by Crippen LogP contribution is 2.32. The molecule has 0 aliphatic heterocycles. The zero-order valence-electron chi connectivity index (χ0n) is 14.0. The molecule has 0 heterocycles. The predicted molar refractivity (Wildman–Crippen MR) is 113 cm³/mol. The van der Waals surface area contributed by atoms with Crippen LogP contribution in [0.4, 0.5) is 0 Å². The van der Waals surface area contributed by atoms with Crippen molar-refractivity contribution in [2.75, 3.05) is 0 Å². The summed E-state index contributed by atoms with van der Waals surface area (Å²) in [5.74, 6) is 0. The average molecular weight is 387 g/mol. The van der Waals surface area contributed by atoms with Gasteiger partial charge in [-0.25, -0.2) is 0 Å². The molecule has 1 heteroatoms. The molecule has 0 bridgehead atoms. The van der Waals surface area contributed by atoms with Crippen molar-refractivity contribution in [3.63, 3.8) is 0 Å². The van der Waals surface area contributed by atoms with Crippen LogP contribution in [0.2, 0.25) is 0 Å². The summed E-state index contributed by atoms with van der Waals surface area (Å²) in [5, 5.41) is 0. The maximum absolute atomic E-state index is 3.95. The maximum atomic E-state index is 3.95. The zero-order valence-corrected chi connectivity index (χ0v) is 15.5. The minimum atomic E-state index is 1.06. The van der Waals surface area contributed by atoms with Crippen molar-refractivity contribution >= 4 is 21.5 Å². The molecule has 122 valence electrons. The van der Waals surface area contributed by atoms with Crippen LogP contribution in [0, 0.1) is 0 Å². The summed E-state index contributed by atoms with van der Waals surface area (Å²) in [6, 6.07) is 25.4. The summed E-state index contributed by atoms with van der Waals surface area (Å²) in [4.78, 5) is 0. The van der Waals surface area contributed by atoms with Crippen LogP contribution in [0.3, 0.4) is 0 Å². The fraction of sp³-hybridized carbons (Fsp3) is 0. The van der Waals surface area contributed by atoms with E-state index in [0.29, 0.717) is 0 Å². The van der Waals surface area contributed by atoms with Crippen molar-refractivity contribution in [2.45, 2.75) is 0 Å². The van der Waals surface area contributed by atoms with Gasteiger partial charge >= 0.3 is 0 Å². The van der Waals surface area contributed by atoms with Gasteiger partial charge in [0.2, 0.25) is 0 Å². The molecule has 25 heavy (non-hydrogen) atoms. The fourth-order valence-corrected chi connectivity index (χ4v) is 3.23. The van der Waals surface area contributed by atoms with Gasteiger partial charge in [-0.2, -0.15) is 0 Å². The molecule has 0 atom stereocenters. The molecule has 3 aromatic carbocycles. The number of allylic oxidation sites excluding steroid dienone is 4. The van der Waals surface area contributed by atoms with E-state index >= 15 is 0 Å². The van der Waals surface area contributed by atoms with Crippen molar-refractivity contribution < 1.29 is 0 Å². The van der Waals surface area contributed by atoms with Crippen molar-refractivity contribution in [3.05, 3.63) is 114 Å². The van der Waals surface area contributed by atoms with E-state index in [0.717, 1.165) is 15.6 Å². The second-order valence-corrected chi connectivity index (χ2v) is 6.65. The molecule has 0 spiro atoms. The quantitative estimate of drug-likeness (QED) is 0.397. The van der Waals surface area contributed by atoms with Crippen LogP contribution in [0.5, 0.6) is 0 Å². The van der Waals surface area contributed by atoms with E-state index in [2.05, 4.69) is 89.8 Å². The Kier molecular flexibility index (Phi) is 5.47. The largest absolute Gasteiger partial charge is 0.0990 e. The average Bonchev–Trinajstić information content (AvgIpc) is 2.66. The number of halogens is 1. The van der Waals surface area contributed by atoms with Crippen molar-refractivity contribution in [3.8, 4) is 22.3 Å². The lowest BCUT2D eigenvalue weighted by atomic mass is 9.93. The number of benzene rings is 3. The highest BCUT2D eigenvalue weighted by molar-refractivity contribution is 9.10. The van der Waals surface area contributed by atoms with Gasteiger partial charge in [0.15, 0.2) is 0 Å². The summed E-state index contributed by atoms with van der Waals surface area (Å²) >= 11 is 3.57.